The van der Waals surface area contributed by atoms with Crippen molar-refractivity contribution in [3.8, 4) is 0 Å². The molecule has 0 saturated carbocycles. The Hall–Kier alpha value is -1.73. The average molecular weight is 491 g/mol. The number of hydrogen-bond donors (Lipinski definition) is 1. The normalized spacial score (nSPS) is 18.3. The van der Waals surface area contributed by atoms with Gasteiger partial charge in [0.1, 0.15) is 0 Å². The van der Waals surface area contributed by atoms with Crippen molar-refractivity contribution >= 4 is 32.7 Å². The minimum atomic E-state index is -0.108. The molecule has 1 aromatic carbocycles. The van der Waals surface area contributed by atoms with Gasteiger partial charge in [0.15, 0.2) is 0 Å². The highest BCUT2D eigenvalue weighted by Gasteiger charge is 2.40. The fourth-order valence-electron chi connectivity index (χ4n) is 4.98. The summed E-state index contributed by atoms with van der Waals surface area (Å²) in [5.41, 5.74) is 0.510. The molecule has 1 saturated heterocycles. The van der Waals surface area contributed by atoms with Crippen LogP contribution < -0.4 is 10.9 Å². The van der Waals surface area contributed by atoms with Crippen molar-refractivity contribution < 1.29 is 4.79 Å². The van der Waals surface area contributed by atoms with E-state index < -0.39 is 0 Å². The minimum Gasteiger partial charge on any atom is -0.340 e. The van der Waals surface area contributed by atoms with Crippen molar-refractivity contribution in [3.63, 3.8) is 0 Å². The predicted molar refractivity (Wildman–Crippen MR) is 129 cm³/mol. The van der Waals surface area contributed by atoms with Crippen molar-refractivity contribution in [1.29, 1.82) is 0 Å². The molecule has 0 spiro atoms. The predicted octanol–water partition coefficient (Wildman–Crippen LogP) is 4.49. The molecule has 2 heterocycles. The summed E-state index contributed by atoms with van der Waals surface area (Å²) in [6, 6.07) is 5.68. The summed E-state index contributed by atoms with van der Waals surface area (Å²) < 4.78 is 2.40. The zero-order valence-corrected chi connectivity index (χ0v) is 21.0. The van der Waals surface area contributed by atoms with Gasteiger partial charge >= 0.3 is 0 Å². The van der Waals surface area contributed by atoms with Crippen LogP contribution in [-0.2, 0) is 11.3 Å². The Morgan fingerprint density at radius 2 is 1.94 bits per heavy atom. The number of aromatic nitrogens is 2. The molecule has 0 aliphatic carbocycles. The van der Waals surface area contributed by atoms with Crippen LogP contribution in [0.3, 0.4) is 0 Å². The van der Waals surface area contributed by atoms with Crippen molar-refractivity contribution in [3.05, 3.63) is 39.4 Å². The van der Waals surface area contributed by atoms with Gasteiger partial charge in [-0.25, -0.2) is 4.98 Å². The third kappa shape index (κ3) is 5.95. The van der Waals surface area contributed by atoms with E-state index in [-0.39, 0.29) is 28.6 Å². The Kier molecular flexibility index (Phi) is 7.26. The minimum absolute atomic E-state index is 0.0241. The molecule has 31 heavy (non-hydrogen) atoms. The summed E-state index contributed by atoms with van der Waals surface area (Å²) in [6.07, 6.45) is 5.75. The van der Waals surface area contributed by atoms with Crippen LogP contribution in [0.1, 0.15) is 66.7 Å². The van der Waals surface area contributed by atoms with Gasteiger partial charge in [0.2, 0.25) is 5.91 Å². The van der Waals surface area contributed by atoms with Crippen molar-refractivity contribution in [2.75, 3.05) is 6.54 Å². The number of piperidine rings is 1. The lowest BCUT2D eigenvalue weighted by molar-refractivity contribution is -0.135. The summed E-state index contributed by atoms with van der Waals surface area (Å²) in [6.45, 7) is 12.1. The third-order valence-corrected chi connectivity index (χ3v) is 6.53. The van der Waals surface area contributed by atoms with Gasteiger partial charge in [0, 0.05) is 41.1 Å². The smallest absolute Gasteiger partial charge is 0.261 e. The fourth-order valence-corrected chi connectivity index (χ4v) is 5.34. The Balaban J connectivity index is 1.78. The van der Waals surface area contributed by atoms with E-state index in [1.54, 1.807) is 17.0 Å². The molecule has 1 fully saturated rings. The molecular formula is C24H35BrN4O2. The zero-order valence-electron chi connectivity index (χ0n) is 19.4. The number of benzene rings is 1. The van der Waals surface area contributed by atoms with Crippen molar-refractivity contribution in [2.24, 2.45) is 0 Å². The summed E-state index contributed by atoms with van der Waals surface area (Å²) in [5.74, 6) is 0.119. The molecule has 6 nitrogen and oxygen atoms in total. The van der Waals surface area contributed by atoms with Crippen LogP contribution in [0, 0.1) is 0 Å². The monoisotopic (exact) mass is 490 g/mol. The lowest BCUT2D eigenvalue weighted by Crippen LogP contribution is -2.63. The van der Waals surface area contributed by atoms with Crippen LogP contribution in [0.2, 0.25) is 0 Å². The quantitative estimate of drug-likeness (QED) is 0.620. The molecule has 1 aromatic heterocycles. The van der Waals surface area contributed by atoms with Gasteiger partial charge in [0.05, 0.1) is 17.2 Å². The maximum Gasteiger partial charge on any atom is 0.261 e. The van der Waals surface area contributed by atoms with E-state index in [4.69, 9.17) is 0 Å². The summed E-state index contributed by atoms with van der Waals surface area (Å²) in [7, 11) is 0. The molecule has 1 N–H and O–H groups in total. The molecular weight excluding hydrogens is 456 g/mol. The van der Waals surface area contributed by atoms with Crippen LogP contribution in [0.5, 0.6) is 0 Å². The molecule has 7 heteroatoms. The summed E-state index contributed by atoms with van der Waals surface area (Å²) >= 11 is 3.42. The second-order valence-electron chi connectivity index (χ2n) is 10.1. The molecule has 1 amide bonds. The van der Waals surface area contributed by atoms with E-state index in [2.05, 4.69) is 65.7 Å². The van der Waals surface area contributed by atoms with E-state index in [0.717, 1.165) is 36.7 Å². The number of unbranched alkanes of at least 4 members (excludes halogenated alkanes) is 1. The van der Waals surface area contributed by atoms with Gasteiger partial charge in [-0.05, 0) is 65.2 Å². The molecule has 0 atom stereocenters. The molecule has 0 bridgehead atoms. The van der Waals surface area contributed by atoms with E-state index in [9.17, 15) is 9.59 Å². The molecule has 1 aliphatic heterocycles. The maximum atomic E-state index is 13.3. The Labute approximate surface area is 193 Å². The second kappa shape index (κ2) is 9.41. The van der Waals surface area contributed by atoms with Gasteiger partial charge in [-0.3, -0.25) is 14.2 Å². The van der Waals surface area contributed by atoms with E-state index in [0.29, 0.717) is 23.9 Å². The lowest BCUT2D eigenvalue weighted by atomic mass is 9.79. The summed E-state index contributed by atoms with van der Waals surface area (Å²) in [5, 5.41) is 4.27. The summed E-state index contributed by atoms with van der Waals surface area (Å²) in [4.78, 5) is 32.7. The number of rotatable bonds is 7. The van der Waals surface area contributed by atoms with Gasteiger partial charge in [-0.15, -0.1) is 0 Å². The van der Waals surface area contributed by atoms with Gasteiger partial charge in [0.25, 0.3) is 5.56 Å². The molecule has 3 rings (SSSR count). The Morgan fingerprint density at radius 3 is 2.58 bits per heavy atom. The third-order valence-electron chi connectivity index (χ3n) is 6.03. The molecule has 1 aliphatic rings. The van der Waals surface area contributed by atoms with E-state index in [1.807, 2.05) is 12.1 Å². The van der Waals surface area contributed by atoms with Crippen LogP contribution in [-0.4, -0.2) is 44.0 Å². The van der Waals surface area contributed by atoms with Crippen LogP contribution in [0.25, 0.3) is 10.9 Å². The molecule has 0 unspecified atom stereocenters. The molecule has 0 radical (unpaired) electrons. The number of nitrogens with zero attached hydrogens (tertiary/aromatic N) is 3. The first kappa shape index (κ1) is 23.9. The van der Waals surface area contributed by atoms with Crippen LogP contribution >= 0.6 is 15.9 Å². The second-order valence-corrected chi connectivity index (χ2v) is 11.0. The number of fused-ring (bicyclic) bond motifs is 1. The van der Waals surface area contributed by atoms with Crippen molar-refractivity contribution in [2.45, 2.75) is 90.4 Å². The Bertz CT molecular complexity index is 983. The maximum absolute atomic E-state index is 13.3. The first-order valence-corrected chi connectivity index (χ1v) is 12.0. The number of halogens is 1. The lowest BCUT2D eigenvalue weighted by Gasteiger charge is -2.49. The van der Waals surface area contributed by atoms with Crippen LogP contribution in [0.15, 0.2) is 33.8 Å². The number of hydrogen-bond acceptors (Lipinski definition) is 4. The average Bonchev–Trinajstić information content (AvgIpc) is 2.66. The molecule has 2 aromatic rings. The van der Waals surface area contributed by atoms with Crippen LogP contribution in [0.4, 0.5) is 0 Å². The number of aryl methyl sites for hydroxylation is 1. The van der Waals surface area contributed by atoms with Gasteiger partial charge in [-0.1, -0.05) is 29.3 Å². The van der Waals surface area contributed by atoms with E-state index in [1.165, 1.54) is 0 Å². The molecule has 170 valence electrons. The van der Waals surface area contributed by atoms with Gasteiger partial charge in [-0.2, -0.15) is 0 Å². The Morgan fingerprint density at radius 1 is 1.26 bits per heavy atom. The first-order chi connectivity index (χ1) is 14.5. The SMILES string of the molecule is CCCCN(C(=O)CCn1cnc2ccc(Br)cc2c1=O)C1CC(C)(C)NC(C)(C)C1. The number of carbonyl (C=O) groups excluding carboxylic acids is 1. The van der Waals surface area contributed by atoms with Gasteiger partial charge < -0.3 is 10.2 Å². The first-order valence-electron chi connectivity index (χ1n) is 11.2. The zero-order chi connectivity index (χ0) is 22.8. The topological polar surface area (TPSA) is 67.2 Å². The highest BCUT2D eigenvalue weighted by Crippen LogP contribution is 2.32. The van der Waals surface area contributed by atoms with E-state index >= 15 is 0 Å². The largest absolute Gasteiger partial charge is 0.340 e. The van der Waals surface area contributed by atoms with Crippen molar-refractivity contribution in [1.82, 2.24) is 19.8 Å². The number of amides is 1. The standard InChI is InChI=1S/C24H35BrN4O2/c1-6-7-11-29(18-14-23(2,3)27-24(4,5)15-18)21(30)10-12-28-16-26-20-9-8-17(25)13-19(20)22(28)31/h8-9,13,16,18,27H,6-7,10-12,14-15H2,1-5H3. The number of nitrogens with one attached hydrogen (secondary N) is 1. The highest BCUT2D eigenvalue weighted by atomic mass is 79.9. The number of carbonyl (C=O) groups is 1. The highest BCUT2D eigenvalue weighted by molar-refractivity contribution is 9.10. The fraction of sp³-hybridized carbons (Fsp3) is 0.625.